The zero-order valence-electron chi connectivity index (χ0n) is 15.1. The number of anilines is 1. The van der Waals surface area contributed by atoms with Gasteiger partial charge in [-0.15, -0.1) is 0 Å². The Morgan fingerprint density at radius 1 is 1.25 bits per heavy atom. The molecule has 144 valence electrons. The third-order valence-electron chi connectivity index (χ3n) is 5.02. The van der Waals surface area contributed by atoms with Gasteiger partial charge in [0.15, 0.2) is 0 Å². The Kier molecular flexibility index (Phi) is 4.72. The highest BCUT2D eigenvalue weighted by atomic mass is 35.5. The van der Waals surface area contributed by atoms with Crippen LogP contribution in [0.25, 0.3) is 0 Å². The first-order valence-electron chi connectivity index (χ1n) is 8.82. The number of methoxy groups -OCH3 is 1. The maximum atomic E-state index is 12.7. The molecule has 0 aliphatic carbocycles. The van der Waals surface area contributed by atoms with E-state index in [0.29, 0.717) is 35.5 Å². The summed E-state index contributed by atoms with van der Waals surface area (Å²) in [6.45, 7) is 0.575. The number of carbonyl (C=O) groups excluding carboxylic acids is 3. The molecule has 2 aliphatic rings. The molecule has 2 aliphatic heterocycles. The highest BCUT2D eigenvalue weighted by molar-refractivity contribution is 6.28. The molecule has 1 saturated heterocycles. The third kappa shape index (κ3) is 2.99. The van der Waals surface area contributed by atoms with E-state index in [9.17, 15) is 14.4 Å². The van der Waals surface area contributed by atoms with Crippen molar-refractivity contribution in [2.24, 2.45) is 0 Å². The molecule has 0 radical (unpaired) electrons. The zero-order chi connectivity index (χ0) is 19.8. The largest absolute Gasteiger partial charge is 0.467 e. The molecular weight excluding hydrogens is 384 g/mol. The lowest BCUT2D eigenvalue weighted by Crippen LogP contribution is -2.39. The molecule has 0 saturated carbocycles. The number of aromatic nitrogens is 2. The summed E-state index contributed by atoms with van der Waals surface area (Å²) in [4.78, 5) is 48.7. The molecule has 0 bridgehead atoms. The van der Waals surface area contributed by atoms with Crippen molar-refractivity contribution >= 4 is 35.2 Å². The van der Waals surface area contributed by atoms with E-state index in [4.69, 9.17) is 16.3 Å². The van der Waals surface area contributed by atoms with Crippen LogP contribution in [0.1, 0.15) is 39.1 Å². The molecule has 0 N–H and O–H groups in total. The summed E-state index contributed by atoms with van der Waals surface area (Å²) in [6, 6.07) is 6.20. The number of halogens is 1. The number of hydrogen-bond donors (Lipinski definition) is 0. The lowest BCUT2D eigenvalue weighted by Gasteiger charge is -2.26. The monoisotopic (exact) mass is 400 g/mol. The summed E-state index contributed by atoms with van der Waals surface area (Å²) < 4.78 is 4.89. The predicted molar refractivity (Wildman–Crippen MR) is 100 cm³/mol. The smallest absolute Gasteiger partial charge is 0.328 e. The molecule has 1 fully saturated rings. The molecule has 3 heterocycles. The van der Waals surface area contributed by atoms with Crippen LogP contribution in [0.2, 0.25) is 5.28 Å². The van der Waals surface area contributed by atoms with Gasteiger partial charge in [0.05, 0.1) is 24.8 Å². The molecule has 4 rings (SSSR count). The summed E-state index contributed by atoms with van der Waals surface area (Å²) in [5.41, 5.74) is 1.28. The average Bonchev–Trinajstić information content (AvgIpc) is 3.28. The predicted octanol–water partition coefficient (Wildman–Crippen LogP) is 2.07. The number of amides is 2. The highest BCUT2D eigenvalue weighted by Gasteiger charge is 2.38. The van der Waals surface area contributed by atoms with Crippen LogP contribution < -0.4 is 4.90 Å². The summed E-state index contributed by atoms with van der Waals surface area (Å²) in [5.74, 6) is -0.664. The molecule has 28 heavy (non-hydrogen) atoms. The first-order chi connectivity index (χ1) is 13.5. The highest BCUT2D eigenvalue weighted by Crippen LogP contribution is 2.31. The number of carbonyl (C=O) groups is 3. The Bertz CT molecular complexity index is 945. The van der Waals surface area contributed by atoms with Crippen LogP contribution in [0, 0.1) is 0 Å². The van der Waals surface area contributed by atoms with Gasteiger partial charge in [-0.25, -0.2) is 14.8 Å². The van der Waals surface area contributed by atoms with Crippen molar-refractivity contribution in [3.63, 3.8) is 0 Å². The molecular formula is C19H17ClN4O4. The van der Waals surface area contributed by atoms with Gasteiger partial charge in [-0.3, -0.25) is 14.5 Å². The van der Waals surface area contributed by atoms with Gasteiger partial charge in [-0.1, -0.05) is 12.1 Å². The van der Waals surface area contributed by atoms with E-state index in [1.54, 1.807) is 29.2 Å². The van der Waals surface area contributed by atoms with Crippen molar-refractivity contribution in [2.45, 2.75) is 25.4 Å². The van der Waals surface area contributed by atoms with Gasteiger partial charge < -0.3 is 9.64 Å². The van der Waals surface area contributed by atoms with Crippen LogP contribution in [0.5, 0.6) is 0 Å². The van der Waals surface area contributed by atoms with E-state index >= 15 is 0 Å². The number of esters is 1. The van der Waals surface area contributed by atoms with Crippen LogP contribution in [0.4, 0.5) is 5.82 Å². The molecule has 2 aromatic rings. The molecule has 9 heteroatoms. The van der Waals surface area contributed by atoms with E-state index in [2.05, 4.69) is 9.97 Å². The van der Waals surface area contributed by atoms with Crippen molar-refractivity contribution in [3.8, 4) is 0 Å². The van der Waals surface area contributed by atoms with Gasteiger partial charge in [0.2, 0.25) is 5.28 Å². The molecule has 8 nitrogen and oxygen atoms in total. The Hall–Kier alpha value is -3.00. The van der Waals surface area contributed by atoms with E-state index in [0.717, 1.165) is 11.3 Å². The number of fused-ring (bicyclic) bond motifs is 1. The second-order valence-corrected chi connectivity index (χ2v) is 6.94. The van der Waals surface area contributed by atoms with Crippen molar-refractivity contribution in [1.82, 2.24) is 14.9 Å². The number of ether oxygens (including phenoxy) is 1. The van der Waals surface area contributed by atoms with E-state index < -0.39 is 6.04 Å². The van der Waals surface area contributed by atoms with Gasteiger partial charge in [0.25, 0.3) is 11.8 Å². The van der Waals surface area contributed by atoms with Crippen LogP contribution in [0.3, 0.4) is 0 Å². The third-order valence-corrected chi connectivity index (χ3v) is 5.20. The second kappa shape index (κ2) is 7.20. The second-order valence-electron chi connectivity index (χ2n) is 6.60. The molecule has 1 unspecified atom stereocenters. The average molecular weight is 401 g/mol. The van der Waals surface area contributed by atoms with E-state index in [-0.39, 0.29) is 29.6 Å². The fourth-order valence-electron chi connectivity index (χ4n) is 3.69. The molecule has 1 aromatic carbocycles. The topological polar surface area (TPSA) is 92.7 Å². The number of rotatable bonds is 4. The fourth-order valence-corrected chi connectivity index (χ4v) is 3.82. The van der Waals surface area contributed by atoms with Crippen molar-refractivity contribution in [2.75, 3.05) is 18.6 Å². The van der Waals surface area contributed by atoms with Crippen LogP contribution in [0.15, 0.2) is 30.5 Å². The van der Waals surface area contributed by atoms with Crippen LogP contribution >= 0.6 is 11.6 Å². The fraction of sp³-hybridized carbons (Fsp3) is 0.316. The van der Waals surface area contributed by atoms with E-state index in [1.165, 1.54) is 13.3 Å². The van der Waals surface area contributed by atoms with Crippen LogP contribution in [-0.2, 0) is 16.1 Å². The molecule has 1 aromatic heterocycles. The van der Waals surface area contributed by atoms with Gasteiger partial charge >= 0.3 is 5.97 Å². The lowest BCUT2D eigenvalue weighted by molar-refractivity contribution is -0.141. The normalized spacial score (nSPS) is 18.6. The first-order valence-corrected chi connectivity index (χ1v) is 9.20. The van der Waals surface area contributed by atoms with Crippen LogP contribution in [-0.4, -0.2) is 52.3 Å². The molecule has 0 spiro atoms. The van der Waals surface area contributed by atoms with E-state index in [1.807, 2.05) is 0 Å². The Balaban J connectivity index is 1.68. The SMILES string of the molecule is COC(=O)C1CCCN1c1nc(Cl)ncc1CN1C(=O)c2ccccc2C1=O. The number of benzene rings is 1. The molecule has 1 atom stereocenters. The van der Waals surface area contributed by atoms with Crippen molar-refractivity contribution in [1.29, 1.82) is 0 Å². The minimum Gasteiger partial charge on any atom is -0.467 e. The van der Waals surface area contributed by atoms with Gasteiger partial charge in [0, 0.05) is 18.3 Å². The van der Waals surface area contributed by atoms with Gasteiger partial charge in [-0.05, 0) is 36.6 Å². The van der Waals surface area contributed by atoms with Gasteiger partial charge in [-0.2, -0.15) is 0 Å². The minimum atomic E-state index is -0.489. The maximum absolute atomic E-state index is 12.7. The minimum absolute atomic E-state index is 0.0107. The summed E-state index contributed by atoms with van der Waals surface area (Å²) >= 11 is 5.99. The quantitative estimate of drug-likeness (QED) is 0.440. The Morgan fingerprint density at radius 3 is 2.57 bits per heavy atom. The zero-order valence-corrected chi connectivity index (χ0v) is 15.8. The maximum Gasteiger partial charge on any atom is 0.328 e. The number of hydrogen-bond acceptors (Lipinski definition) is 7. The summed E-state index contributed by atoms with van der Waals surface area (Å²) in [7, 11) is 1.34. The summed E-state index contributed by atoms with van der Waals surface area (Å²) in [6.07, 6.45) is 2.90. The Labute approximate surface area is 166 Å². The first kappa shape index (κ1) is 18.4. The van der Waals surface area contributed by atoms with Crippen molar-refractivity contribution in [3.05, 3.63) is 52.4 Å². The standard InChI is InChI=1S/C19H17ClN4O4/c1-28-18(27)14-7-4-8-23(14)15-11(9-21-19(20)22-15)10-24-16(25)12-5-2-3-6-13(12)17(24)26/h2-3,5-6,9,14H,4,7-8,10H2,1H3. The number of imide groups is 1. The Morgan fingerprint density at radius 2 is 1.93 bits per heavy atom. The number of nitrogens with zero attached hydrogens (tertiary/aromatic N) is 4. The van der Waals surface area contributed by atoms with Gasteiger partial charge in [0.1, 0.15) is 11.9 Å². The lowest BCUT2D eigenvalue weighted by atomic mass is 10.1. The summed E-state index contributed by atoms with van der Waals surface area (Å²) in [5, 5.41) is 0.0247. The van der Waals surface area contributed by atoms with Crippen molar-refractivity contribution < 1.29 is 19.1 Å². The molecule has 2 amide bonds.